The summed E-state index contributed by atoms with van der Waals surface area (Å²) in [6.07, 6.45) is 8.62. The maximum absolute atomic E-state index is 12.2. The molecule has 31 heavy (non-hydrogen) atoms. The number of hydrogen-bond acceptors (Lipinski definition) is 7. The Morgan fingerprint density at radius 2 is 2.10 bits per heavy atom. The minimum Gasteiger partial charge on any atom is -0.444 e. The molecule has 0 aromatic carbocycles. The molecule has 0 aliphatic carbocycles. The van der Waals surface area contributed by atoms with Crippen LogP contribution < -0.4 is 16.8 Å². The molecule has 1 saturated heterocycles. The first kappa shape index (κ1) is 22.8. The van der Waals surface area contributed by atoms with Crippen LogP contribution in [0.15, 0.2) is 40.8 Å². The van der Waals surface area contributed by atoms with E-state index in [0.29, 0.717) is 30.3 Å². The topological polar surface area (TPSA) is 135 Å². The molecule has 0 radical (unpaired) electrons. The van der Waals surface area contributed by atoms with Crippen molar-refractivity contribution < 1.29 is 9.53 Å². The van der Waals surface area contributed by atoms with Gasteiger partial charge in [0.25, 0.3) is 0 Å². The van der Waals surface area contributed by atoms with Gasteiger partial charge in [0.15, 0.2) is 0 Å². The van der Waals surface area contributed by atoms with Crippen molar-refractivity contribution in [1.82, 2.24) is 20.0 Å². The van der Waals surface area contributed by atoms with E-state index >= 15 is 0 Å². The number of nitrogens with one attached hydrogen (secondary N) is 2. The van der Waals surface area contributed by atoms with Crippen LogP contribution in [0.2, 0.25) is 0 Å². The highest BCUT2D eigenvalue weighted by molar-refractivity contribution is 8.06. The average Bonchev–Trinajstić information content (AvgIpc) is 3.37. The lowest BCUT2D eigenvalue weighted by Crippen LogP contribution is -2.42. The Bertz CT molecular complexity index is 908. The normalized spacial score (nSPS) is 19.3. The Hall–Kier alpha value is -2.88. The molecule has 9 nitrogen and oxygen atoms in total. The van der Waals surface area contributed by atoms with Gasteiger partial charge in [-0.15, -0.1) is 0 Å². The number of carbonyl (C=O) groups excluding carboxylic acids is 1. The highest BCUT2D eigenvalue weighted by Gasteiger charge is 2.27. The summed E-state index contributed by atoms with van der Waals surface area (Å²) >= 11 is 1.48. The van der Waals surface area contributed by atoms with Crippen LogP contribution in [0.25, 0.3) is 5.57 Å². The van der Waals surface area contributed by atoms with Gasteiger partial charge < -0.3 is 26.4 Å². The minimum absolute atomic E-state index is 0.0651. The number of amidine groups is 1. The molecular formula is C21H31N7O2S. The summed E-state index contributed by atoms with van der Waals surface area (Å²) in [5, 5.41) is 18.2. The van der Waals surface area contributed by atoms with Crippen LogP contribution in [0.1, 0.15) is 39.2 Å². The zero-order valence-corrected chi connectivity index (χ0v) is 19.0. The third-order valence-corrected chi connectivity index (χ3v) is 5.84. The molecule has 2 aliphatic heterocycles. The van der Waals surface area contributed by atoms with Crippen LogP contribution in [-0.4, -0.2) is 45.3 Å². The summed E-state index contributed by atoms with van der Waals surface area (Å²) in [5.74, 6) is 0.346. The summed E-state index contributed by atoms with van der Waals surface area (Å²) < 4.78 is 7.33. The number of aromatic nitrogens is 2. The number of ether oxygens (including phenoxy) is 1. The lowest BCUT2D eigenvalue weighted by atomic mass is 9.97. The van der Waals surface area contributed by atoms with Crippen LogP contribution in [0, 0.1) is 11.3 Å². The lowest BCUT2D eigenvalue weighted by molar-refractivity contribution is 0.0177. The molecule has 1 aromatic heterocycles. The third-order valence-electron chi connectivity index (χ3n) is 4.98. The fraction of sp³-hybridized carbons (Fsp3) is 0.476. The van der Waals surface area contributed by atoms with Crippen LogP contribution in [0.3, 0.4) is 0 Å². The number of piperidine rings is 1. The molecule has 0 atom stereocenters. The molecule has 6 N–H and O–H groups in total. The highest BCUT2D eigenvalue weighted by atomic mass is 32.2. The van der Waals surface area contributed by atoms with E-state index in [4.69, 9.17) is 21.6 Å². The molecular weight excluding hydrogens is 414 g/mol. The maximum atomic E-state index is 12.2. The van der Waals surface area contributed by atoms with Crippen molar-refractivity contribution in [2.75, 3.05) is 13.1 Å². The van der Waals surface area contributed by atoms with Crippen molar-refractivity contribution in [1.29, 1.82) is 5.41 Å². The van der Waals surface area contributed by atoms with Crippen molar-refractivity contribution in [2.45, 2.75) is 45.8 Å². The highest BCUT2D eigenvalue weighted by Crippen LogP contribution is 2.25. The van der Waals surface area contributed by atoms with Gasteiger partial charge in [-0.2, -0.15) is 5.10 Å². The van der Waals surface area contributed by atoms with Gasteiger partial charge in [0, 0.05) is 43.2 Å². The standard InChI is InChI=1S/C21H31N7O2S/c1-21(2,3)30-20(29)27-7-4-14(5-8-27)12-28-13-15(11-26-28)16(18(23)24)10-17(22)19-25-6-9-31-19/h6,9-11,13-14,25H,4-5,7-8,12,22H2,1-3H3,(H3,23,24)/b16-10-,19-17+. The van der Waals surface area contributed by atoms with Crippen LogP contribution in [-0.2, 0) is 11.3 Å². The van der Waals surface area contributed by atoms with Gasteiger partial charge in [0.2, 0.25) is 0 Å². The van der Waals surface area contributed by atoms with E-state index < -0.39 is 5.60 Å². The Balaban J connectivity index is 1.60. The number of allylic oxidation sites excluding steroid dienone is 1. The van der Waals surface area contributed by atoms with Crippen molar-refractivity contribution in [2.24, 2.45) is 17.4 Å². The predicted molar refractivity (Wildman–Crippen MR) is 124 cm³/mol. The zero-order valence-electron chi connectivity index (χ0n) is 18.2. The van der Waals surface area contributed by atoms with Gasteiger partial charge in [-0.25, -0.2) is 4.79 Å². The molecule has 0 bridgehead atoms. The number of nitrogens with two attached hydrogens (primary N) is 2. The molecule has 2 aliphatic rings. The Labute approximate surface area is 187 Å². The number of carbonyl (C=O) groups is 1. The van der Waals surface area contributed by atoms with E-state index in [1.807, 2.05) is 37.1 Å². The van der Waals surface area contributed by atoms with Gasteiger partial charge in [0.05, 0.1) is 16.9 Å². The van der Waals surface area contributed by atoms with Crippen molar-refractivity contribution in [3.8, 4) is 0 Å². The number of thioether (sulfide) groups is 1. The molecule has 3 rings (SSSR count). The number of rotatable bonds is 5. The minimum atomic E-state index is -0.482. The fourth-order valence-electron chi connectivity index (χ4n) is 3.43. The predicted octanol–water partition coefficient (Wildman–Crippen LogP) is 2.78. The SMILES string of the molecule is CC(C)(C)OC(=O)N1CCC(Cn2cc(/C(=C/C(N)=C3/NC=CS3)C(=N)N)cn2)CC1. The summed E-state index contributed by atoms with van der Waals surface area (Å²) in [6, 6.07) is 0. The van der Waals surface area contributed by atoms with Gasteiger partial charge in [0.1, 0.15) is 11.4 Å². The Morgan fingerprint density at radius 1 is 1.39 bits per heavy atom. The van der Waals surface area contributed by atoms with E-state index in [-0.39, 0.29) is 11.9 Å². The van der Waals surface area contributed by atoms with E-state index in [9.17, 15) is 4.79 Å². The first-order chi connectivity index (χ1) is 14.6. The monoisotopic (exact) mass is 445 g/mol. The zero-order chi connectivity index (χ0) is 22.6. The summed E-state index contributed by atoms with van der Waals surface area (Å²) in [5.41, 5.74) is 13.3. The van der Waals surface area contributed by atoms with E-state index in [1.54, 1.807) is 23.4 Å². The number of amides is 1. The number of hydrogen-bond donors (Lipinski definition) is 4. The Morgan fingerprint density at radius 3 is 2.68 bits per heavy atom. The third kappa shape index (κ3) is 6.30. The lowest BCUT2D eigenvalue weighted by Gasteiger charge is -2.33. The van der Waals surface area contributed by atoms with Crippen LogP contribution in [0.5, 0.6) is 0 Å². The molecule has 10 heteroatoms. The second kappa shape index (κ2) is 9.51. The molecule has 0 unspecified atom stereocenters. The number of nitrogens with zero attached hydrogens (tertiary/aromatic N) is 3. The van der Waals surface area contributed by atoms with Gasteiger partial charge in [-0.05, 0) is 51.0 Å². The molecule has 3 heterocycles. The maximum Gasteiger partial charge on any atom is 0.410 e. The van der Waals surface area contributed by atoms with Gasteiger partial charge >= 0.3 is 6.09 Å². The first-order valence-electron chi connectivity index (χ1n) is 10.3. The molecule has 0 saturated carbocycles. The quantitative estimate of drug-likeness (QED) is 0.404. The van der Waals surface area contributed by atoms with Crippen LogP contribution in [0.4, 0.5) is 4.79 Å². The summed E-state index contributed by atoms with van der Waals surface area (Å²) in [6.45, 7) is 7.72. The molecule has 1 aromatic rings. The van der Waals surface area contributed by atoms with E-state index in [1.165, 1.54) is 11.8 Å². The number of likely N-dealkylation sites (tertiary alicyclic amines) is 1. The summed E-state index contributed by atoms with van der Waals surface area (Å²) in [7, 11) is 0. The largest absolute Gasteiger partial charge is 0.444 e. The van der Waals surface area contributed by atoms with E-state index in [2.05, 4.69) is 10.4 Å². The molecule has 0 spiro atoms. The first-order valence-corrected chi connectivity index (χ1v) is 11.1. The molecule has 1 fully saturated rings. The average molecular weight is 446 g/mol. The molecule has 168 valence electrons. The smallest absolute Gasteiger partial charge is 0.410 e. The van der Waals surface area contributed by atoms with E-state index in [0.717, 1.165) is 30.0 Å². The Kier molecular flexibility index (Phi) is 6.99. The van der Waals surface area contributed by atoms with Crippen LogP contribution >= 0.6 is 11.8 Å². The second-order valence-corrected chi connectivity index (χ2v) is 9.60. The molecule has 1 amide bonds. The van der Waals surface area contributed by atoms with Gasteiger partial charge in [-0.3, -0.25) is 10.1 Å². The van der Waals surface area contributed by atoms with Crippen molar-refractivity contribution in [3.63, 3.8) is 0 Å². The fourth-order valence-corrected chi connectivity index (χ4v) is 4.03. The second-order valence-electron chi connectivity index (χ2n) is 8.68. The van der Waals surface area contributed by atoms with Gasteiger partial charge in [-0.1, -0.05) is 11.8 Å². The summed E-state index contributed by atoms with van der Waals surface area (Å²) in [4.78, 5) is 14.0. The van der Waals surface area contributed by atoms with Crippen molar-refractivity contribution in [3.05, 3.63) is 46.4 Å². The van der Waals surface area contributed by atoms with Crippen molar-refractivity contribution >= 4 is 29.3 Å².